The van der Waals surface area contributed by atoms with Gasteiger partial charge in [0.2, 0.25) is 0 Å². The first-order valence-electron chi connectivity index (χ1n) is 8.52. The Hall–Kier alpha value is -1.89. The van der Waals surface area contributed by atoms with Crippen LogP contribution in [-0.4, -0.2) is 77.8 Å². The number of hydrogen-bond acceptors (Lipinski definition) is 4. The summed E-state index contributed by atoms with van der Waals surface area (Å²) in [5, 5.41) is 11.0. The van der Waals surface area contributed by atoms with Crippen molar-refractivity contribution in [1.29, 1.82) is 0 Å². The number of piperazine rings is 1. The van der Waals surface area contributed by atoms with E-state index in [9.17, 15) is 9.90 Å². The minimum absolute atomic E-state index is 0.0704. The average Bonchev–Trinajstić information content (AvgIpc) is 3.07. The molecule has 2 aromatic rings. The molecule has 1 fully saturated rings. The molecule has 1 aromatic heterocycles. The van der Waals surface area contributed by atoms with Gasteiger partial charge in [-0.2, -0.15) is 0 Å². The number of H-pyrrole nitrogens is 1. The number of nitrogens with zero attached hydrogens (tertiary/aromatic N) is 2. The number of aliphatic hydroxyl groups excluding tert-OH is 1. The quantitative estimate of drug-likeness (QED) is 0.838. The van der Waals surface area contributed by atoms with Crippen LogP contribution in [0.3, 0.4) is 0 Å². The van der Waals surface area contributed by atoms with E-state index >= 15 is 0 Å². The van der Waals surface area contributed by atoms with Gasteiger partial charge in [-0.05, 0) is 30.5 Å². The smallest absolute Gasteiger partial charge is 0.254 e. The Bertz CT molecular complexity index is 677. The number of fused-ring (bicyclic) bond motifs is 1. The lowest BCUT2D eigenvalue weighted by atomic mass is 10.1. The van der Waals surface area contributed by atoms with Gasteiger partial charge in [0.1, 0.15) is 0 Å². The number of carbonyl (C=O) groups excluding carboxylic acids is 1. The highest BCUT2D eigenvalue weighted by atomic mass is 16.5. The topological polar surface area (TPSA) is 68.8 Å². The van der Waals surface area contributed by atoms with Crippen LogP contribution in [0, 0.1) is 0 Å². The number of benzene rings is 1. The van der Waals surface area contributed by atoms with E-state index in [1.807, 2.05) is 42.3 Å². The van der Waals surface area contributed by atoms with Crippen LogP contribution in [0.25, 0.3) is 10.9 Å². The van der Waals surface area contributed by atoms with Crippen LogP contribution in [0.1, 0.15) is 17.3 Å². The number of ether oxygens (including phenoxy) is 1. The zero-order chi connectivity index (χ0) is 16.9. The molecule has 1 amide bonds. The number of hydrogen-bond donors (Lipinski definition) is 2. The first kappa shape index (κ1) is 17.0. The van der Waals surface area contributed by atoms with Gasteiger partial charge in [-0.15, -0.1) is 0 Å². The summed E-state index contributed by atoms with van der Waals surface area (Å²) in [6.07, 6.45) is 1.41. The average molecular weight is 331 g/mol. The molecular weight excluding hydrogens is 306 g/mol. The lowest BCUT2D eigenvalue weighted by molar-refractivity contribution is 0.0111. The molecule has 1 aliphatic heterocycles. The molecular formula is C18H25N3O3. The largest absolute Gasteiger partial charge is 0.389 e. The number of nitrogens with one attached hydrogen (secondary N) is 1. The van der Waals surface area contributed by atoms with Crippen LogP contribution in [-0.2, 0) is 4.74 Å². The molecule has 130 valence electrons. The van der Waals surface area contributed by atoms with E-state index in [-0.39, 0.29) is 5.91 Å². The first-order valence-corrected chi connectivity index (χ1v) is 8.52. The first-order chi connectivity index (χ1) is 11.7. The predicted octanol–water partition coefficient (Wildman–Crippen LogP) is 1.32. The lowest BCUT2D eigenvalue weighted by Gasteiger charge is -2.35. The molecule has 1 aliphatic rings. The monoisotopic (exact) mass is 331 g/mol. The Labute approximate surface area is 142 Å². The van der Waals surface area contributed by atoms with Crippen LogP contribution >= 0.6 is 0 Å². The van der Waals surface area contributed by atoms with Crippen LogP contribution < -0.4 is 0 Å². The van der Waals surface area contributed by atoms with Gasteiger partial charge >= 0.3 is 0 Å². The Balaban J connectivity index is 1.53. The van der Waals surface area contributed by atoms with Crippen molar-refractivity contribution in [3.63, 3.8) is 0 Å². The molecule has 1 aromatic carbocycles. The molecule has 2 heterocycles. The highest BCUT2D eigenvalue weighted by Crippen LogP contribution is 2.16. The molecule has 2 N–H and O–H groups in total. The molecule has 0 radical (unpaired) electrons. The van der Waals surface area contributed by atoms with Gasteiger partial charge < -0.3 is 19.7 Å². The molecule has 0 aliphatic carbocycles. The van der Waals surface area contributed by atoms with Gasteiger partial charge in [0, 0.05) is 56.6 Å². The van der Waals surface area contributed by atoms with Crippen molar-refractivity contribution >= 4 is 16.8 Å². The third-order valence-corrected chi connectivity index (χ3v) is 4.44. The van der Waals surface area contributed by atoms with E-state index in [0.717, 1.165) is 29.6 Å². The van der Waals surface area contributed by atoms with Crippen LogP contribution in [0.15, 0.2) is 30.5 Å². The molecule has 0 bridgehead atoms. The number of aromatic nitrogens is 1. The summed E-state index contributed by atoms with van der Waals surface area (Å²) < 4.78 is 5.24. The number of aliphatic hydroxyl groups is 1. The minimum Gasteiger partial charge on any atom is -0.389 e. The zero-order valence-corrected chi connectivity index (χ0v) is 14.1. The van der Waals surface area contributed by atoms with E-state index in [0.29, 0.717) is 32.8 Å². The maximum absolute atomic E-state index is 12.7. The molecule has 6 heteroatoms. The van der Waals surface area contributed by atoms with E-state index < -0.39 is 6.10 Å². The highest BCUT2D eigenvalue weighted by molar-refractivity contribution is 5.98. The van der Waals surface area contributed by atoms with Gasteiger partial charge in [0.15, 0.2) is 0 Å². The summed E-state index contributed by atoms with van der Waals surface area (Å²) in [7, 11) is 0. The standard InChI is InChI=1S/C18H25N3O3/c1-2-24-13-16(22)12-20-7-9-21(10-8-20)18(23)15-4-3-14-5-6-19-17(14)11-15/h3-6,11,16,19,22H,2,7-10,12-13H2,1H3/t16-/m1/s1. The number of aromatic amines is 1. The van der Waals surface area contributed by atoms with Crippen LogP contribution in [0.5, 0.6) is 0 Å². The van der Waals surface area contributed by atoms with Crippen LogP contribution in [0.4, 0.5) is 0 Å². The fourth-order valence-corrected chi connectivity index (χ4v) is 3.10. The van der Waals surface area contributed by atoms with Gasteiger partial charge in [-0.3, -0.25) is 9.69 Å². The maximum Gasteiger partial charge on any atom is 0.254 e. The molecule has 0 saturated carbocycles. The number of β-amino-alcohol motifs (C(OH)–C–C–N with tert-alkyl or cyclic N) is 1. The summed E-state index contributed by atoms with van der Waals surface area (Å²) in [6.45, 7) is 6.42. The van der Waals surface area contributed by atoms with Crippen molar-refractivity contribution in [3.8, 4) is 0 Å². The van der Waals surface area contributed by atoms with Gasteiger partial charge in [-0.1, -0.05) is 6.07 Å². The van der Waals surface area contributed by atoms with Gasteiger partial charge in [0.25, 0.3) is 5.91 Å². The maximum atomic E-state index is 12.7. The Morgan fingerprint density at radius 1 is 1.29 bits per heavy atom. The predicted molar refractivity (Wildman–Crippen MR) is 93.1 cm³/mol. The minimum atomic E-state index is -0.470. The molecule has 0 unspecified atom stereocenters. The molecule has 0 spiro atoms. The second kappa shape index (κ2) is 7.79. The Kier molecular flexibility index (Phi) is 5.50. The number of amides is 1. The molecule has 6 nitrogen and oxygen atoms in total. The fourth-order valence-electron chi connectivity index (χ4n) is 3.10. The van der Waals surface area contributed by atoms with Crippen molar-refractivity contribution in [2.75, 3.05) is 45.9 Å². The molecule has 24 heavy (non-hydrogen) atoms. The SMILES string of the molecule is CCOC[C@H](O)CN1CCN(C(=O)c2ccc3cc[nH]c3c2)CC1. The lowest BCUT2D eigenvalue weighted by Crippen LogP contribution is -2.50. The van der Waals surface area contributed by atoms with Crippen molar-refractivity contribution in [3.05, 3.63) is 36.0 Å². The van der Waals surface area contributed by atoms with E-state index in [1.54, 1.807) is 0 Å². The molecule has 1 atom stereocenters. The third kappa shape index (κ3) is 3.95. The molecule has 1 saturated heterocycles. The van der Waals surface area contributed by atoms with Crippen molar-refractivity contribution in [1.82, 2.24) is 14.8 Å². The summed E-state index contributed by atoms with van der Waals surface area (Å²) in [6, 6.07) is 7.77. The van der Waals surface area contributed by atoms with E-state index in [1.165, 1.54) is 0 Å². The van der Waals surface area contributed by atoms with Crippen molar-refractivity contribution in [2.45, 2.75) is 13.0 Å². The van der Waals surface area contributed by atoms with Crippen molar-refractivity contribution < 1.29 is 14.6 Å². The Morgan fingerprint density at radius 2 is 2.08 bits per heavy atom. The molecule has 3 rings (SSSR count). The summed E-state index contributed by atoms with van der Waals surface area (Å²) in [5.41, 5.74) is 1.70. The van der Waals surface area contributed by atoms with Crippen molar-refractivity contribution in [2.24, 2.45) is 0 Å². The number of carbonyl (C=O) groups is 1. The van der Waals surface area contributed by atoms with E-state index in [4.69, 9.17) is 4.74 Å². The van der Waals surface area contributed by atoms with Gasteiger partial charge in [0.05, 0.1) is 12.7 Å². The van der Waals surface area contributed by atoms with E-state index in [2.05, 4.69) is 9.88 Å². The Morgan fingerprint density at radius 3 is 2.83 bits per heavy atom. The van der Waals surface area contributed by atoms with Crippen LogP contribution in [0.2, 0.25) is 0 Å². The second-order valence-corrected chi connectivity index (χ2v) is 6.19. The van der Waals surface area contributed by atoms with Gasteiger partial charge in [-0.25, -0.2) is 0 Å². The summed E-state index contributed by atoms with van der Waals surface area (Å²) in [5.74, 6) is 0.0704. The zero-order valence-electron chi connectivity index (χ0n) is 14.1. The normalized spacial score (nSPS) is 17.3. The highest BCUT2D eigenvalue weighted by Gasteiger charge is 2.23. The second-order valence-electron chi connectivity index (χ2n) is 6.19. The summed E-state index contributed by atoms with van der Waals surface area (Å²) in [4.78, 5) is 19.9. The summed E-state index contributed by atoms with van der Waals surface area (Å²) >= 11 is 0. The number of rotatable bonds is 6. The fraction of sp³-hybridized carbons (Fsp3) is 0.500. The third-order valence-electron chi connectivity index (χ3n) is 4.44.